The number of hydrogen-bond donors (Lipinski definition) is 0. The number of ether oxygens (including phenoxy) is 1. The first-order chi connectivity index (χ1) is 9.58. The van der Waals surface area contributed by atoms with Gasteiger partial charge in [-0.3, -0.25) is 4.79 Å². The minimum atomic E-state index is -0.201. The molecule has 6 heteroatoms. The minimum absolute atomic E-state index is 0.201. The number of benzene rings is 1. The van der Waals surface area contributed by atoms with Crippen LogP contribution in [0.5, 0.6) is 0 Å². The van der Waals surface area contributed by atoms with Crippen molar-refractivity contribution >= 4 is 40.5 Å². The number of halogens is 2. The van der Waals surface area contributed by atoms with Crippen molar-refractivity contribution in [1.82, 2.24) is 4.98 Å². The van der Waals surface area contributed by atoms with Crippen LogP contribution in [0.15, 0.2) is 23.6 Å². The fourth-order valence-corrected chi connectivity index (χ4v) is 3.06. The molecule has 0 fully saturated rings. The molecule has 0 aliphatic heterocycles. The lowest BCUT2D eigenvalue weighted by atomic mass is 10.2. The molecule has 106 valence electrons. The number of aromatic nitrogens is 1. The fourth-order valence-electron chi connectivity index (χ4n) is 1.69. The summed E-state index contributed by atoms with van der Waals surface area (Å²) in [6, 6.07) is 5.32. The Balaban J connectivity index is 2.06. The first kappa shape index (κ1) is 15.3. The van der Waals surface area contributed by atoms with E-state index < -0.39 is 0 Å². The molecule has 0 unspecified atom stereocenters. The van der Waals surface area contributed by atoms with Gasteiger partial charge in [0.2, 0.25) is 0 Å². The molecular weight excluding hydrogens is 317 g/mol. The van der Waals surface area contributed by atoms with Gasteiger partial charge in [-0.15, -0.1) is 11.3 Å². The van der Waals surface area contributed by atoms with Crippen LogP contribution in [0.25, 0.3) is 10.6 Å². The quantitative estimate of drug-likeness (QED) is 0.752. The summed E-state index contributed by atoms with van der Waals surface area (Å²) in [7, 11) is 0. The van der Waals surface area contributed by atoms with Crippen LogP contribution in [0.3, 0.4) is 0 Å². The van der Waals surface area contributed by atoms with Crippen LogP contribution < -0.4 is 0 Å². The zero-order valence-corrected chi connectivity index (χ0v) is 13.2. The summed E-state index contributed by atoms with van der Waals surface area (Å²) in [5.74, 6) is -0.201. The Morgan fingerprint density at radius 1 is 1.30 bits per heavy atom. The van der Waals surface area contributed by atoms with Crippen molar-refractivity contribution in [2.75, 3.05) is 6.61 Å². The molecule has 3 nitrogen and oxygen atoms in total. The van der Waals surface area contributed by atoms with E-state index in [1.807, 2.05) is 17.5 Å². The third-order valence-electron chi connectivity index (χ3n) is 2.55. The molecule has 2 rings (SSSR count). The summed E-state index contributed by atoms with van der Waals surface area (Å²) >= 11 is 13.5. The van der Waals surface area contributed by atoms with E-state index in [4.69, 9.17) is 27.9 Å². The summed E-state index contributed by atoms with van der Waals surface area (Å²) < 4.78 is 4.89. The number of carbonyl (C=O) groups excluding carboxylic acids is 1. The van der Waals surface area contributed by atoms with E-state index in [9.17, 15) is 4.79 Å². The monoisotopic (exact) mass is 329 g/mol. The van der Waals surface area contributed by atoms with Crippen molar-refractivity contribution in [3.05, 3.63) is 39.3 Å². The zero-order chi connectivity index (χ0) is 14.5. The number of nitrogens with zero attached hydrogens (tertiary/aromatic N) is 1. The van der Waals surface area contributed by atoms with E-state index in [-0.39, 0.29) is 5.97 Å². The SMILES string of the molecule is CCOC(=O)CCc1csc(-c2cc(Cl)cc(Cl)c2)n1. The molecule has 0 saturated heterocycles. The van der Waals surface area contributed by atoms with Gasteiger partial charge in [-0.25, -0.2) is 4.98 Å². The molecule has 0 spiro atoms. The van der Waals surface area contributed by atoms with Crippen molar-refractivity contribution in [3.8, 4) is 10.6 Å². The standard InChI is InChI=1S/C14H13Cl2NO2S/c1-2-19-13(18)4-3-12-8-20-14(17-12)9-5-10(15)7-11(16)6-9/h5-8H,2-4H2,1H3. The molecule has 0 saturated carbocycles. The Morgan fingerprint density at radius 3 is 2.65 bits per heavy atom. The van der Waals surface area contributed by atoms with Crippen LogP contribution in [0.4, 0.5) is 0 Å². The maximum absolute atomic E-state index is 11.3. The van der Waals surface area contributed by atoms with Crippen LogP contribution in [0.1, 0.15) is 19.0 Å². The summed E-state index contributed by atoms with van der Waals surface area (Å²) in [6.45, 7) is 2.20. The van der Waals surface area contributed by atoms with Crippen molar-refractivity contribution in [1.29, 1.82) is 0 Å². The predicted molar refractivity (Wildman–Crippen MR) is 82.5 cm³/mol. The average Bonchev–Trinajstić information content (AvgIpc) is 2.84. The van der Waals surface area contributed by atoms with Crippen molar-refractivity contribution < 1.29 is 9.53 Å². The number of rotatable bonds is 5. The van der Waals surface area contributed by atoms with E-state index >= 15 is 0 Å². The summed E-state index contributed by atoms with van der Waals surface area (Å²) in [5.41, 5.74) is 1.75. The van der Waals surface area contributed by atoms with Gasteiger partial charge >= 0.3 is 5.97 Å². The smallest absolute Gasteiger partial charge is 0.306 e. The highest BCUT2D eigenvalue weighted by Gasteiger charge is 2.09. The predicted octanol–water partition coefficient (Wildman–Crippen LogP) is 4.61. The molecule has 0 N–H and O–H groups in total. The second-order valence-electron chi connectivity index (χ2n) is 4.11. The second-order valence-corrected chi connectivity index (χ2v) is 5.84. The molecule has 2 aromatic rings. The van der Waals surface area contributed by atoms with Crippen LogP contribution in [0, 0.1) is 0 Å². The summed E-state index contributed by atoms with van der Waals surface area (Å²) in [5, 5.41) is 3.93. The lowest BCUT2D eigenvalue weighted by molar-refractivity contribution is -0.143. The van der Waals surface area contributed by atoms with Gasteiger partial charge in [-0.2, -0.15) is 0 Å². The Kier molecular flexibility index (Phi) is 5.40. The molecule has 0 radical (unpaired) electrons. The van der Waals surface area contributed by atoms with Gasteiger partial charge < -0.3 is 4.74 Å². The Labute approximate surface area is 131 Å². The molecule has 20 heavy (non-hydrogen) atoms. The van der Waals surface area contributed by atoms with E-state index in [1.54, 1.807) is 13.0 Å². The first-order valence-electron chi connectivity index (χ1n) is 6.15. The largest absolute Gasteiger partial charge is 0.466 e. The molecule has 1 heterocycles. The van der Waals surface area contributed by atoms with Gasteiger partial charge in [-0.05, 0) is 25.1 Å². The van der Waals surface area contributed by atoms with Gasteiger partial charge in [0, 0.05) is 27.4 Å². The normalized spacial score (nSPS) is 10.6. The third kappa shape index (κ3) is 4.20. The third-order valence-corrected chi connectivity index (χ3v) is 3.93. The number of aryl methyl sites for hydroxylation is 1. The van der Waals surface area contributed by atoms with Crippen LogP contribution in [0.2, 0.25) is 10.0 Å². The van der Waals surface area contributed by atoms with Crippen molar-refractivity contribution in [2.45, 2.75) is 19.8 Å². The van der Waals surface area contributed by atoms with Crippen LogP contribution >= 0.6 is 34.5 Å². The molecule has 1 aromatic carbocycles. The molecular formula is C14H13Cl2NO2S. The minimum Gasteiger partial charge on any atom is -0.466 e. The number of carbonyl (C=O) groups is 1. The lowest BCUT2D eigenvalue weighted by Gasteiger charge is -2.00. The van der Waals surface area contributed by atoms with E-state index in [0.29, 0.717) is 29.5 Å². The van der Waals surface area contributed by atoms with Gasteiger partial charge in [0.1, 0.15) is 5.01 Å². The van der Waals surface area contributed by atoms with Gasteiger partial charge in [0.05, 0.1) is 18.7 Å². The number of esters is 1. The topological polar surface area (TPSA) is 39.2 Å². The van der Waals surface area contributed by atoms with E-state index in [2.05, 4.69) is 4.98 Å². The summed E-state index contributed by atoms with van der Waals surface area (Å²) in [6.07, 6.45) is 0.914. The van der Waals surface area contributed by atoms with E-state index in [1.165, 1.54) is 11.3 Å². The van der Waals surface area contributed by atoms with Gasteiger partial charge in [0.25, 0.3) is 0 Å². The average molecular weight is 330 g/mol. The molecule has 0 bridgehead atoms. The Morgan fingerprint density at radius 2 is 2.00 bits per heavy atom. The number of thiazole rings is 1. The zero-order valence-electron chi connectivity index (χ0n) is 10.9. The van der Waals surface area contributed by atoms with Gasteiger partial charge in [-0.1, -0.05) is 23.2 Å². The first-order valence-corrected chi connectivity index (χ1v) is 7.78. The Hall–Kier alpha value is -1.10. The van der Waals surface area contributed by atoms with Gasteiger partial charge in [0.15, 0.2) is 0 Å². The van der Waals surface area contributed by atoms with Crippen LogP contribution in [-0.2, 0) is 16.0 Å². The Bertz CT molecular complexity index is 593. The van der Waals surface area contributed by atoms with E-state index in [0.717, 1.165) is 16.3 Å². The summed E-state index contributed by atoms with van der Waals surface area (Å²) in [4.78, 5) is 15.8. The van der Waals surface area contributed by atoms with Crippen molar-refractivity contribution in [2.24, 2.45) is 0 Å². The number of hydrogen-bond acceptors (Lipinski definition) is 4. The highest BCUT2D eigenvalue weighted by atomic mass is 35.5. The molecule has 0 amide bonds. The molecule has 0 aliphatic carbocycles. The maximum atomic E-state index is 11.3. The highest BCUT2D eigenvalue weighted by Crippen LogP contribution is 2.29. The molecule has 0 atom stereocenters. The maximum Gasteiger partial charge on any atom is 0.306 e. The molecule has 1 aromatic heterocycles. The lowest BCUT2D eigenvalue weighted by Crippen LogP contribution is -2.05. The second kappa shape index (κ2) is 7.07. The highest BCUT2D eigenvalue weighted by molar-refractivity contribution is 7.13. The molecule has 0 aliphatic rings. The van der Waals surface area contributed by atoms with Crippen LogP contribution in [-0.4, -0.2) is 17.6 Å². The van der Waals surface area contributed by atoms with Crippen molar-refractivity contribution in [3.63, 3.8) is 0 Å². The fraction of sp³-hybridized carbons (Fsp3) is 0.286.